The van der Waals surface area contributed by atoms with Gasteiger partial charge in [-0.05, 0) is 6.92 Å². The molecule has 1 aromatic carbocycles. The van der Waals surface area contributed by atoms with E-state index in [0.29, 0.717) is 5.33 Å². The van der Waals surface area contributed by atoms with Crippen molar-refractivity contribution in [2.45, 2.75) is 12.2 Å². The van der Waals surface area contributed by atoms with Gasteiger partial charge in [0.1, 0.15) is 17.4 Å². The van der Waals surface area contributed by atoms with Crippen molar-refractivity contribution >= 4 is 25.8 Å². The third kappa shape index (κ3) is 3.65. The topological polar surface area (TPSA) is 43.4 Å². The molecule has 18 heavy (non-hydrogen) atoms. The molecule has 0 radical (unpaired) electrons. The molecule has 0 fully saturated rings. The van der Waals surface area contributed by atoms with E-state index in [1.165, 1.54) is 6.92 Å². The molecule has 0 heterocycles. The summed E-state index contributed by atoms with van der Waals surface area (Å²) in [5.41, 5.74) is -0.455. The lowest BCUT2D eigenvalue weighted by Crippen LogP contribution is -2.12. The maximum absolute atomic E-state index is 13.7. The summed E-state index contributed by atoms with van der Waals surface area (Å²) in [6.07, 6.45) is 0.936. The van der Waals surface area contributed by atoms with Gasteiger partial charge in [0.25, 0.3) is 0 Å². The highest BCUT2D eigenvalue weighted by Crippen LogP contribution is 2.29. The zero-order valence-electron chi connectivity index (χ0n) is 9.91. The molecule has 7 heteroatoms. The average Bonchev–Trinajstić information content (AvgIpc) is 2.24. The van der Waals surface area contributed by atoms with E-state index in [-0.39, 0.29) is 12.4 Å². The molecule has 0 bridgehead atoms. The number of rotatable bonds is 5. The Hall–Kier alpha value is -0.690. The number of ether oxygens (including phenoxy) is 1. The number of halogens is 3. The molecule has 0 amide bonds. The highest BCUT2D eigenvalue weighted by atomic mass is 79.9. The molecule has 1 atom stereocenters. The highest BCUT2D eigenvalue weighted by molar-refractivity contribution is 9.09. The monoisotopic (exact) mass is 342 g/mol. The van der Waals surface area contributed by atoms with E-state index in [2.05, 4.69) is 15.9 Å². The second-order valence-corrected chi connectivity index (χ2v) is 6.97. The quantitative estimate of drug-likeness (QED) is 0.773. The summed E-state index contributed by atoms with van der Waals surface area (Å²) in [7, 11) is -3.56. The Morgan fingerprint density at radius 3 is 2.22 bits per heavy atom. The lowest BCUT2D eigenvalue weighted by atomic mass is 10.1. The van der Waals surface area contributed by atoms with Gasteiger partial charge >= 0.3 is 0 Å². The smallest absolute Gasteiger partial charge is 0.154 e. The first-order valence-electron chi connectivity index (χ1n) is 5.14. The first-order chi connectivity index (χ1) is 8.27. The first kappa shape index (κ1) is 15.4. The molecule has 0 spiro atoms. The normalized spacial score (nSPS) is 13.4. The molecular weight excluding hydrogens is 330 g/mol. The van der Waals surface area contributed by atoms with Crippen LogP contribution in [0.3, 0.4) is 0 Å². The van der Waals surface area contributed by atoms with Gasteiger partial charge in [-0.25, -0.2) is 17.2 Å². The van der Waals surface area contributed by atoms with E-state index >= 15 is 0 Å². The minimum Gasteiger partial charge on any atom is -0.493 e. The van der Waals surface area contributed by atoms with Crippen molar-refractivity contribution in [1.29, 1.82) is 0 Å². The third-order valence-electron chi connectivity index (χ3n) is 2.45. The van der Waals surface area contributed by atoms with Crippen LogP contribution in [0, 0.1) is 11.6 Å². The predicted octanol–water partition coefficient (Wildman–Crippen LogP) is 2.84. The van der Waals surface area contributed by atoms with Gasteiger partial charge in [0.2, 0.25) is 0 Å². The van der Waals surface area contributed by atoms with Crippen LogP contribution in [0.25, 0.3) is 0 Å². The fraction of sp³-hybridized carbons (Fsp3) is 0.455. The lowest BCUT2D eigenvalue weighted by Gasteiger charge is -2.13. The molecule has 0 N–H and O–H groups in total. The summed E-state index contributed by atoms with van der Waals surface area (Å²) in [6.45, 7) is 1.51. The minimum absolute atomic E-state index is 0.0360. The molecule has 1 unspecified atom stereocenters. The van der Waals surface area contributed by atoms with Crippen molar-refractivity contribution in [2.75, 3.05) is 18.2 Å². The van der Waals surface area contributed by atoms with Crippen molar-refractivity contribution in [3.05, 3.63) is 29.3 Å². The molecule has 3 nitrogen and oxygen atoms in total. The summed E-state index contributed by atoms with van der Waals surface area (Å²) >= 11 is 3.12. The van der Waals surface area contributed by atoms with Crippen LogP contribution in [0.5, 0.6) is 5.75 Å². The van der Waals surface area contributed by atoms with Gasteiger partial charge < -0.3 is 4.74 Å². The van der Waals surface area contributed by atoms with Crippen LogP contribution < -0.4 is 4.74 Å². The van der Waals surface area contributed by atoms with E-state index < -0.39 is 32.3 Å². The Labute approximate surface area is 113 Å². The first-order valence-corrected chi connectivity index (χ1v) is 8.21. The Bertz CT molecular complexity index is 508. The average molecular weight is 343 g/mol. The number of hydrogen-bond donors (Lipinski definition) is 0. The highest BCUT2D eigenvalue weighted by Gasteiger charge is 2.25. The largest absolute Gasteiger partial charge is 0.493 e. The summed E-state index contributed by atoms with van der Waals surface area (Å²) in [4.78, 5) is 0. The molecule has 1 aromatic rings. The van der Waals surface area contributed by atoms with E-state index in [9.17, 15) is 17.2 Å². The van der Waals surface area contributed by atoms with Crippen LogP contribution in [0.15, 0.2) is 12.1 Å². The molecule has 0 aromatic heterocycles. The molecule has 0 saturated carbocycles. The molecule has 1 rings (SSSR count). The van der Waals surface area contributed by atoms with Crippen molar-refractivity contribution in [1.82, 2.24) is 0 Å². The Kier molecular flexibility index (Phi) is 5.10. The summed E-state index contributed by atoms with van der Waals surface area (Å²) < 4.78 is 55.2. The number of alkyl halides is 1. The third-order valence-corrected chi connectivity index (χ3v) is 4.29. The van der Waals surface area contributed by atoms with Gasteiger partial charge in [0.15, 0.2) is 9.84 Å². The summed E-state index contributed by atoms with van der Waals surface area (Å²) in [5, 5.41) is -0.708. The number of benzene rings is 1. The summed E-state index contributed by atoms with van der Waals surface area (Å²) in [5.74, 6) is -1.80. The van der Waals surface area contributed by atoms with Crippen LogP contribution in [0.1, 0.15) is 17.7 Å². The van der Waals surface area contributed by atoms with Crippen molar-refractivity contribution < 1.29 is 21.9 Å². The molecule has 102 valence electrons. The Balaban J connectivity index is 3.16. The van der Waals surface area contributed by atoms with Crippen molar-refractivity contribution in [2.24, 2.45) is 0 Å². The van der Waals surface area contributed by atoms with Crippen LogP contribution in [-0.4, -0.2) is 26.6 Å². The maximum Gasteiger partial charge on any atom is 0.154 e. The molecular formula is C11H13BrF2O3S. The minimum atomic E-state index is -3.56. The Morgan fingerprint density at radius 1 is 1.33 bits per heavy atom. The SMILES string of the molecule is CC(c1c(F)cc(OCCBr)cc1F)S(C)(=O)=O. The van der Waals surface area contributed by atoms with Gasteiger partial charge in [-0.3, -0.25) is 0 Å². The van der Waals surface area contributed by atoms with E-state index in [1.54, 1.807) is 0 Å². The zero-order valence-corrected chi connectivity index (χ0v) is 12.3. The van der Waals surface area contributed by atoms with Gasteiger partial charge in [-0.2, -0.15) is 0 Å². The van der Waals surface area contributed by atoms with E-state index in [1.807, 2.05) is 0 Å². The van der Waals surface area contributed by atoms with Crippen molar-refractivity contribution in [3.63, 3.8) is 0 Å². The Morgan fingerprint density at radius 2 is 1.83 bits per heavy atom. The number of hydrogen-bond acceptors (Lipinski definition) is 3. The van der Waals surface area contributed by atoms with Crippen LogP contribution in [0.4, 0.5) is 8.78 Å². The second kappa shape index (κ2) is 5.97. The van der Waals surface area contributed by atoms with Gasteiger partial charge in [-0.1, -0.05) is 15.9 Å². The van der Waals surface area contributed by atoms with E-state index in [4.69, 9.17) is 4.74 Å². The number of sulfone groups is 1. The van der Waals surface area contributed by atoms with Gasteiger partial charge in [-0.15, -0.1) is 0 Å². The fourth-order valence-electron chi connectivity index (χ4n) is 1.40. The van der Waals surface area contributed by atoms with Crippen LogP contribution in [0.2, 0.25) is 0 Å². The molecule has 0 saturated heterocycles. The fourth-order valence-corrected chi connectivity index (χ4v) is 2.22. The molecule has 0 aliphatic rings. The standard InChI is InChI=1S/C11H13BrF2O3S/c1-7(18(2,15)16)11-9(13)5-8(6-10(11)14)17-4-3-12/h5-7H,3-4H2,1-2H3. The van der Waals surface area contributed by atoms with Crippen molar-refractivity contribution in [3.8, 4) is 5.75 Å². The van der Waals surface area contributed by atoms with Crippen LogP contribution in [-0.2, 0) is 9.84 Å². The summed E-state index contributed by atoms with van der Waals surface area (Å²) in [6, 6.07) is 1.98. The van der Waals surface area contributed by atoms with E-state index in [0.717, 1.165) is 18.4 Å². The van der Waals surface area contributed by atoms with Gasteiger partial charge in [0, 0.05) is 29.3 Å². The predicted molar refractivity (Wildman–Crippen MR) is 68.9 cm³/mol. The van der Waals surface area contributed by atoms with Gasteiger partial charge in [0.05, 0.1) is 11.9 Å². The second-order valence-electron chi connectivity index (χ2n) is 3.81. The zero-order chi connectivity index (χ0) is 13.9. The maximum atomic E-state index is 13.7. The molecule has 0 aliphatic carbocycles. The van der Waals surface area contributed by atoms with Crippen LogP contribution >= 0.6 is 15.9 Å². The molecule has 0 aliphatic heterocycles. The lowest BCUT2D eigenvalue weighted by molar-refractivity contribution is 0.339.